The lowest BCUT2D eigenvalue weighted by Crippen LogP contribution is -2.25. The third-order valence-electron chi connectivity index (χ3n) is 3.11. The normalized spacial score (nSPS) is 10.2. The zero-order chi connectivity index (χ0) is 17.0. The fourth-order valence-corrected chi connectivity index (χ4v) is 1.90. The third kappa shape index (κ3) is 3.70. The second-order valence-corrected chi connectivity index (χ2v) is 4.64. The molecule has 0 spiro atoms. The van der Waals surface area contributed by atoms with Gasteiger partial charge >= 0.3 is 11.8 Å². The number of benzene rings is 1. The van der Waals surface area contributed by atoms with Crippen molar-refractivity contribution in [2.45, 2.75) is 6.54 Å². The number of ether oxygens (including phenoxy) is 1. The van der Waals surface area contributed by atoms with E-state index in [1.54, 1.807) is 24.3 Å². The van der Waals surface area contributed by atoms with Crippen molar-refractivity contribution in [1.29, 1.82) is 0 Å². The molecule has 1 heterocycles. The topological polar surface area (TPSA) is 116 Å². The van der Waals surface area contributed by atoms with Crippen molar-refractivity contribution in [3.8, 4) is 0 Å². The van der Waals surface area contributed by atoms with Gasteiger partial charge in [0.15, 0.2) is 5.69 Å². The van der Waals surface area contributed by atoms with Crippen molar-refractivity contribution in [3.05, 3.63) is 57.3 Å². The van der Waals surface area contributed by atoms with Crippen LogP contribution in [-0.4, -0.2) is 33.7 Å². The van der Waals surface area contributed by atoms with Gasteiger partial charge in [0.05, 0.1) is 30.9 Å². The van der Waals surface area contributed by atoms with Crippen molar-refractivity contribution >= 4 is 17.7 Å². The van der Waals surface area contributed by atoms with E-state index in [4.69, 9.17) is 0 Å². The Bertz CT molecular complexity index is 751. The number of aromatic nitrogens is 2. The molecule has 9 heteroatoms. The Hall–Kier alpha value is -3.23. The van der Waals surface area contributed by atoms with E-state index in [-0.39, 0.29) is 18.1 Å². The van der Waals surface area contributed by atoms with Gasteiger partial charge in [-0.3, -0.25) is 4.79 Å². The predicted molar refractivity (Wildman–Crippen MR) is 78.8 cm³/mol. The summed E-state index contributed by atoms with van der Waals surface area (Å²) < 4.78 is 5.74. The molecule has 0 saturated heterocycles. The van der Waals surface area contributed by atoms with E-state index >= 15 is 0 Å². The molecule has 1 amide bonds. The van der Waals surface area contributed by atoms with Crippen LogP contribution in [0.4, 0.5) is 5.82 Å². The molecule has 23 heavy (non-hydrogen) atoms. The van der Waals surface area contributed by atoms with Gasteiger partial charge in [0.25, 0.3) is 5.91 Å². The van der Waals surface area contributed by atoms with Crippen LogP contribution in [-0.2, 0) is 18.3 Å². The summed E-state index contributed by atoms with van der Waals surface area (Å²) in [6.45, 7) is 0.208. The van der Waals surface area contributed by atoms with Gasteiger partial charge in [-0.25, -0.2) is 4.79 Å². The number of nitro groups is 1. The van der Waals surface area contributed by atoms with Gasteiger partial charge in [0, 0.05) is 6.54 Å². The Balaban J connectivity index is 2.01. The van der Waals surface area contributed by atoms with E-state index in [1.165, 1.54) is 14.2 Å². The van der Waals surface area contributed by atoms with Crippen LogP contribution in [0.15, 0.2) is 30.3 Å². The minimum atomic E-state index is -0.664. The number of carbonyl (C=O) groups is 2. The standard InChI is InChI=1S/C14H14N4O5/c1-17-11(7-12(16-17)18(21)22)13(19)15-8-9-3-5-10(6-4-9)14(20)23-2/h3-7H,8H2,1-2H3,(H,15,19). The Kier molecular flexibility index (Phi) is 4.69. The lowest BCUT2D eigenvalue weighted by molar-refractivity contribution is -0.389. The molecule has 120 valence electrons. The minimum absolute atomic E-state index is 0.0860. The van der Waals surface area contributed by atoms with Gasteiger partial charge in [0.1, 0.15) is 0 Å². The van der Waals surface area contributed by atoms with Crippen LogP contribution < -0.4 is 5.32 Å². The summed E-state index contributed by atoms with van der Waals surface area (Å²) in [5.74, 6) is -1.31. The summed E-state index contributed by atoms with van der Waals surface area (Å²) in [6.07, 6.45) is 0. The molecule has 0 radical (unpaired) electrons. The zero-order valence-electron chi connectivity index (χ0n) is 12.5. The molecule has 0 bridgehead atoms. The maximum absolute atomic E-state index is 12.0. The van der Waals surface area contributed by atoms with E-state index in [0.29, 0.717) is 5.56 Å². The molecular formula is C14H14N4O5. The van der Waals surface area contributed by atoms with Crippen LogP contribution >= 0.6 is 0 Å². The number of nitrogens with one attached hydrogen (secondary N) is 1. The number of hydrogen-bond donors (Lipinski definition) is 1. The molecular weight excluding hydrogens is 304 g/mol. The van der Waals surface area contributed by atoms with E-state index < -0.39 is 16.8 Å². The number of aryl methyl sites for hydroxylation is 1. The largest absolute Gasteiger partial charge is 0.465 e. The van der Waals surface area contributed by atoms with Crippen LogP contribution in [0.3, 0.4) is 0 Å². The summed E-state index contributed by atoms with van der Waals surface area (Å²) in [5, 5.41) is 16.9. The summed E-state index contributed by atoms with van der Waals surface area (Å²) in [6, 6.07) is 7.64. The van der Waals surface area contributed by atoms with Crippen LogP contribution in [0, 0.1) is 10.1 Å². The van der Waals surface area contributed by atoms with E-state index in [9.17, 15) is 19.7 Å². The van der Waals surface area contributed by atoms with Crippen molar-refractivity contribution in [3.63, 3.8) is 0 Å². The zero-order valence-corrected chi connectivity index (χ0v) is 12.5. The molecule has 0 aliphatic rings. The van der Waals surface area contributed by atoms with Crippen LogP contribution in [0.5, 0.6) is 0 Å². The molecule has 1 aromatic heterocycles. The molecule has 9 nitrogen and oxygen atoms in total. The summed E-state index contributed by atoms with van der Waals surface area (Å²) in [7, 11) is 2.75. The highest BCUT2D eigenvalue weighted by Crippen LogP contribution is 2.11. The second-order valence-electron chi connectivity index (χ2n) is 4.64. The Morgan fingerprint density at radius 2 is 2.00 bits per heavy atom. The first-order valence-electron chi connectivity index (χ1n) is 6.56. The number of hydrogen-bond acceptors (Lipinski definition) is 6. The van der Waals surface area contributed by atoms with Crippen molar-refractivity contribution < 1.29 is 19.2 Å². The minimum Gasteiger partial charge on any atom is -0.465 e. The third-order valence-corrected chi connectivity index (χ3v) is 3.11. The van der Waals surface area contributed by atoms with Crippen LogP contribution in [0.1, 0.15) is 26.4 Å². The van der Waals surface area contributed by atoms with Crippen molar-refractivity contribution in [1.82, 2.24) is 15.1 Å². The molecule has 1 aromatic carbocycles. The van der Waals surface area contributed by atoms with E-state index in [2.05, 4.69) is 15.2 Å². The maximum atomic E-state index is 12.0. The van der Waals surface area contributed by atoms with E-state index in [1.807, 2.05) is 0 Å². The highest BCUT2D eigenvalue weighted by Gasteiger charge is 2.20. The molecule has 0 fully saturated rings. The lowest BCUT2D eigenvalue weighted by Gasteiger charge is -2.05. The predicted octanol–water partition coefficient (Wildman–Crippen LogP) is 1.04. The molecule has 2 rings (SSSR count). The quantitative estimate of drug-likeness (QED) is 0.500. The van der Waals surface area contributed by atoms with Crippen LogP contribution in [0.2, 0.25) is 0 Å². The molecule has 1 N–H and O–H groups in total. The Labute approximate surface area is 131 Å². The Morgan fingerprint density at radius 3 is 2.52 bits per heavy atom. The lowest BCUT2D eigenvalue weighted by atomic mass is 10.1. The van der Waals surface area contributed by atoms with Gasteiger partial charge in [-0.2, -0.15) is 4.68 Å². The molecule has 0 aliphatic heterocycles. The highest BCUT2D eigenvalue weighted by molar-refractivity contribution is 5.93. The molecule has 0 aliphatic carbocycles. The number of esters is 1. The first-order chi connectivity index (χ1) is 10.9. The smallest absolute Gasteiger partial charge is 0.390 e. The highest BCUT2D eigenvalue weighted by atomic mass is 16.6. The van der Waals surface area contributed by atoms with Gasteiger partial charge < -0.3 is 20.2 Å². The molecule has 0 atom stereocenters. The summed E-state index contributed by atoms with van der Waals surface area (Å²) in [5.41, 5.74) is 1.26. The van der Waals surface area contributed by atoms with Crippen LogP contribution in [0.25, 0.3) is 0 Å². The molecule has 2 aromatic rings. The number of rotatable bonds is 5. The van der Waals surface area contributed by atoms with Crippen molar-refractivity contribution in [2.75, 3.05) is 7.11 Å². The average Bonchev–Trinajstić information content (AvgIpc) is 2.94. The SMILES string of the molecule is COC(=O)c1ccc(CNC(=O)c2cc([N+](=O)[O-])nn2C)cc1. The Morgan fingerprint density at radius 1 is 1.35 bits per heavy atom. The van der Waals surface area contributed by atoms with Crippen molar-refractivity contribution in [2.24, 2.45) is 7.05 Å². The fraction of sp³-hybridized carbons (Fsp3) is 0.214. The first-order valence-corrected chi connectivity index (χ1v) is 6.56. The molecule has 0 saturated carbocycles. The first kappa shape index (κ1) is 16.1. The van der Waals surface area contributed by atoms with E-state index in [0.717, 1.165) is 16.3 Å². The summed E-state index contributed by atoms with van der Waals surface area (Å²) in [4.78, 5) is 33.3. The van der Waals surface area contributed by atoms with Gasteiger partial charge in [-0.05, 0) is 22.6 Å². The maximum Gasteiger partial charge on any atom is 0.390 e. The van der Waals surface area contributed by atoms with Gasteiger partial charge in [0.2, 0.25) is 0 Å². The second kappa shape index (κ2) is 6.69. The van der Waals surface area contributed by atoms with Gasteiger partial charge in [-0.1, -0.05) is 12.1 Å². The van der Waals surface area contributed by atoms with Gasteiger partial charge in [-0.15, -0.1) is 0 Å². The number of methoxy groups -OCH3 is 1. The number of amides is 1. The fourth-order valence-electron chi connectivity index (χ4n) is 1.90. The number of carbonyl (C=O) groups excluding carboxylic acids is 2. The number of nitrogens with zero attached hydrogens (tertiary/aromatic N) is 3. The molecule has 0 unspecified atom stereocenters. The summed E-state index contributed by atoms with van der Waals surface area (Å²) >= 11 is 0. The monoisotopic (exact) mass is 318 g/mol. The average molecular weight is 318 g/mol.